The number of carboxylic acids is 1. The van der Waals surface area contributed by atoms with E-state index in [9.17, 15) is 64.8 Å². The molecule has 1 aromatic rings. The van der Waals surface area contributed by atoms with Crippen LogP contribution in [-0.2, 0) is 38.1 Å². The number of nitrogen functional groups attached to an aromatic ring is 1. The zero-order valence-corrected chi connectivity index (χ0v) is 45.2. The quantitative estimate of drug-likeness (QED) is 0.0651. The zero-order valence-electron chi connectivity index (χ0n) is 45.2. The normalized spacial score (nSPS) is 36.3. The molecule has 3 aliphatic heterocycles. The molecule has 19 nitrogen and oxygen atoms in total. The maximum atomic E-state index is 13.3. The van der Waals surface area contributed by atoms with Crippen molar-refractivity contribution in [3.8, 4) is 0 Å². The number of carboxylic acid groups (broad SMARTS) is 1. The lowest BCUT2D eigenvalue weighted by molar-refractivity contribution is -0.308. The van der Waals surface area contributed by atoms with Gasteiger partial charge in [-0.05, 0) is 75.1 Å². The lowest BCUT2D eigenvalue weighted by atomic mass is 9.83. The molecule has 0 radical (unpaired) electrons. The summed E-state index contributed by atoms with van der Waals surface area (Å²) in [5.41, 5.74) is 12.8. The molecule has 2 bridgehead atoms. The van der Waals surface area contributed by atoms with Gasteiger partial charge in [0.1, 0.15) is 36.1 Å². The van der Waals surface area contributed by atoms with Crippen molar-refractivity contribution >= 4 is 35.0 Å². The van der Waals surface area contributed by atoms with E-state index in [1.807, 2.05) is 26.8 Å². The van der Waals surface area contributed by atoms with E-state index in [0.29, 0.717) is 17.7 Å². The van der Waals surface area contributed by atoms with Gasteiger partial charge in [-0.15, -0.1) is 0 Å². The zero-order chi connectivity index (χ0) is 57.5. The summed E-state index contributed by atoms with van der Waals surface area (Å²) in [4.78, 5) is 64.6. The number of aliphatic carboxylic acids is 1. The lowest BCUT2D eigenvalue weighted by Gasteiger charge is -2.45. The number of carbonyl (C=O) groups excluding carboxylic acids is 4. The Kier molecular flexibility index (Phi) is 27.3. The number of nitrogens with two attached hydrogens (primary N) is 2. The Morgan fingerprint density at radius 1 is 0.782 bits per heavy atom. The highest BCUT2D eigenvalue weighted by atomic mass is 16.7. The third kappa shape index (κ3) is 22.1. The number of Topliss-reactive ketones (excluding diaryl/α,β-unsaturated/α-hetero) is 3. The monoisotopic (exact) mass is 1090 g/mol. The number of ketones is 3. The molecule has 2 fully saturated rings. The van der Waals surface area contributed by atoms with Gasteiger partial charge in [-0.3, -0.25) is 24.0 Å². The van der Waals surface area contributed by atoms with E-state index in [1.54, 1.807) is 110 Å². The van der Waals surface area contributed by atoms with Crippen LogP contribution in [0.15, 0.2) is 109 Å². The smallest absolute Gasteiger partial charge is 0.313 e. The predicted octanol–water partition coefficient (Wildman–Crippen LogP) is 4.80. The van der Waals surface area contributed by atoms with E-state index in [4.69, 9.17) is 30.4 Å². The molecule has 432 valence electrons. The van der Waals surface area contributed by atoms with Crippen molar-refractivity contribution in [2.45, 2.75) is 190 Å². The minimum atomic E-state index is -2.20. The van der Waals surface area contributed by atoms with Crippen LogP contribution in [0.2, 0.25) is 0 Å². The molecule has 12 N–H and O–H groups in total. The number of hydrogen-bond donors (Lipinski definition) is 10. The summed E-state index contributed by atoms with van der Waals surface area (Å²) in [6.45, 7) is 7.13. The van der Waals surface area contributed by atoms with Gasteiger partial charge in [-0.1, -0.05) is 106 Å². The number of fused-ring (bicyclic) bond motifs is 2. The van der Waals surface area contributed by atoms with Gasteiger partial charge in [0, 0.05) is 62.1 Å². The molecule has 0 amide bonds. The maximum absolute atomic E-state index is 13.3. The number of esters is 1. The molecular weight excluding hydrogens is 1010 g/mol. The first-order valence-electron chi connectivity index (χ1n) is 27.0. The van der Waals surface area contributed by atoms with Gasteiger partial charge < -0.3 is 71.3 Å². The maximum Gasteiger partial charge on any atom is 0.313 e. The topological polar surface area (TPSA) is 336 Å². The fraction of sp³-hybridized carbons (Fsp3) is 0.576. The molecule has 0 spiro atoms. The van der Waals surface area contributed by atoms with Crippen LogP contribution < -0.4 is 11.5 Å². The minimum absolute atomic E-state index is 0.0344. The first-order chi connectivity index (χ1) is 37.0. The summed E-state index contributed by atoms with van der Waals surface area (Å²) >= 11 is 0. The summed E-state index contributed by atoms with van der Waals surface area (Å²) in [6.07, 6.45) is 10.1. The lowest BCUT2D eigenvalue weighted by Crippen LogP contribution is -2.61. The Bertz CT molecular complexity index is 2290. The molecule has 0 aliphatic carbocycles. The summed E-state index contributed by atoms with van der Waals surface area (Å²) in [7, 11) is 0. The van der Waals surface area contributed by atoms with Crippen molar-refractivity contribution in [1.29, 1.82) is 0 Å². The molecule has 17 atom stereocenters. The first-order valence-corrected chi connectivity index (χ1v) is 27.0. The van der Waals surface area contributed by atoms with Crippen molar-refractivity contribution in [3.63, 3.8) is 0 Å². The van der Waals surface area contributed by atoms with Crippen molar-refractivity contribution in [3.05, 3.63) is 115 Å². The number of aliphatic hydroxyl groups is 7. The van der Waals surface area contributed by atoms with Gasteiger partial charge in [0.05, 0.1) is 54.9 Å². The fourth-order valence-electron chi connectivity index (χ4n) is 9.94. The number of anilines is 1. The van der Waals surface area contributed by atoms with Crippen LogP contribution in [0, 0.1) is 23.7 Å². The SMILES string of the molecule is CC1/C=C/C=C/C=C/C=C/C=C/C=C/C=C/C(O[C@@H]2O[C@H](C)[C@@H](O)[C@H](N)[C@H]2O)CC2OC(O)(CC(O)CCCC(O)CC(=O)CCCC(=O)CC(=O)OC1C(C)CC(C)C(O)CC(=O)c1ccc(N)cc1)CC(O)C2C(=O)O. The Morgan fingerprint density at radius 2 is 1.36 bits per heavy atom. The highest BCUT2D eigenvalue weighted by molar-refractivity contribution is 5.97. The minimum Gasteiger partial charge on any atom is -0.481 e. The summed E-state index contributed by atoms with van der Waals surface area (Å²) in [6, 6.07) is 5.32. The van der Waals surface area contributed by atoms with Crippen LogP contribution in [0.3, 0.4) is 0 Å². The number of aliphatic hydroxyl groups excluding tert-OH is 6. The summed E-state index contributed by atoms with van der Waals surface area (Å²) < 4.78 is 23.8. The third-order valence-corrected chi connectivity index (χ3v) is 14.4. The highest BCUT2D eigenvalue weighted by Crippen LogP contribution is 2.38. The second-order valence-corrected chi connectivity index (χ2v) is 21.2. The molecule has 0 aromatic heterocycles. The average molecular weight is 1090 g/mol. The molecule has 19 heteroatoms. The second-order valence-electron chi connectivity index (χ2n) is 21.2. The predicted molar refractivity (Wildman–Crippen MR) is 291 cm³/mol. The molecule has 3 heterocycles. The van der Waals surface area contributed by atoms with Crippen LogP contribution in [-0.4, -0.2) is 149 Å². The number of allylic oxidation sites excluding steroid dienone is 12. The van der Waals surface area contributed by atoms with Gasteiger partial charge in [-0.2, -0.15) is 0 Å². The Balaban J connectivity index is 1.52. The Morgan fingerprint density at radius 3 is 1.97 bits per heavy atom. The Labute approximate surface area is 457 Å². The van der Waals surface area contributed by atoms with Gasteiger partial charge in [0.25, 0.3) is 0 Å². The molecular formula is C59H84N2O17. The van der Waals surface area contributed by atoms with Crippen LogP contribution in [0.4, 0.5) is 5.69 Å². The molecule has 4 rings (SSSR count). The molecule has 12 unspecified atom stereocenters. The molecule has 0 saturated carbocycles. The molecule has 2 saturated heterocycles. The van der Waals surface area contributed by atoms with E-state index in [2.05, 4.69) is 0 Å². The fourth-order valence-corrected chi connectivity index (χ4v) is 9.94. The van der Waals surface area contributed by atoms with Crippen molar-refractivity contribution in [1.82, 2.24) is 0 Å². The standard InChI is InChI=1S/C59H84N2O17/c1-36-19-15-13-11-9-7-5-6-8-10-12-14-16-24-46(76-58-55(71)53(61)54(70)39(4)75-58)32-50-52(57(72)73)49(68)35-59(74,78-50)34-45(65)23-18-21-43(63)30-42(62)20-17-22-44(64)31-51(69)77-56(36)38(3)29-37(2)47(66)33-48(67)40-25-27-41(60)28-26-40/h5-16,19,24-28,36-39,43,45-47,49-50,52-56,58,63,65-66,68,70-71,74H,17-18,20-23,29-35,60-61H2,1-4H3,(H,72,73)/b6-5+,9-7+,10-8+,13-11+,14-12+,19-15+,24-16+/t36?,37?,38?,39-,43?,45?,46?,47?,49?,50?,52?,53+,54-,55-,56?,58+,59?/m1/s1. The van der Waals surface area contributed by atoms with E-state index >= 15 is 0 Å². The molecule has 3 aliphatic rings. The van der Waals surface area contributed by atoms with Gasteiger partial charge in [-0.25, -0.2) is 0 Å². The van der Waals surface area contributed by atoms with Gasteiger partial charge in [0.15, 0.2) is 17.9 Å². The average Bonchev–Trinajstić information content (AvgIpc) is 3.38. The first kappa shape index (κ1) is 65.2. The van der Waals surface area contributed by atoms with Crippen LogP contribution >= 0.6 is 0 Å². The third-order valence-electron chi connectivity index (χ3n) is 14.4. The van der Waals surface area contributed by atoms with Crippen LogP contribution in [0.1, 0.15) is 122 Å². The van der Waals surface area contributed by atoms with Gasteiger partial charge in [0.2, 0.25) is 0 Å². The largest absolute Gasteiger partial charge is 0.481 e. The number of ether oxygens (including phenoxy) is 4. The number of hydrogen-bond acceptors (Lipinski definition) is 18. The molecule has 78 heavy (non-hydrogen) atoms. The number of rotatable bonds is 10. The van der Waals surface area contributed by atoms with E-state index in [1.165, 1.54) is 0 Å². The Hall–Kier alpha value is -5.29. The number of benzene rings is 1. The van der Waals surface area contributed by atoms with Crippen molar-refractivity contribution in [2.75, 3.05) is 5.73 Å². The summed E-state index contributed by atoms with van der Waals surface area (Å²) in [5, 5.41) is 86.9. The van der Waals surface area contributed by atoms with Crippen LogP contribution in [0.25, 0.3) is 0 Å². The van der Waals surface area contributed by atoms with Gasteiger partial charge >= 0.3 is 11.9 Å². The highest BCUT2D eigenvalue weighted by Gasteiger charge is 2.51. The van der Waals surface area contributed by atoms with E-state index in [-0.39, 0.29) is 87.1 Å². The summed E-state index contributed by atoms with van der Waals surface area (Å²) in [5.74, 6) is -7.87. The molecule has 1 aromatic carbocycles. The van der Waals surface area contributed by atoms with E-state index in [0.717, 1.165) is 0 Å². The second kappa shape index (κ2) is 32.7. The van der Waals surface area contributed by atoms with E-state index < -0.39 is 122 Å². The number of cyclic esters (lactones) is 1. The van der Waals surface area contributed by atoms with Crippen molar-refractivity contribution in [2.24, 2.45) is 29.4 Å². The van der Waals surface area contributed by atoms with Crippen LogP contribution in [0.5, 0.6) is 0 Å². The number of carbonyl (C=O) groups is 5. The van der Waals surface area contributed by atoms with Crippen molar-refractivity contribution < 1.29 is 83.8 Å².